The molecule has 2 aromatic carbocycles. The maximum atomic E-state index is 12.4. The van der Waals surface area contributed by atoms with Gasteiger partial charge in [0.25, 0.3) is 0 Å². The van der Waals surface area contributed by atoms with E-state index in [9.17, 15) is 9.59 Å². The molecule has 1 N–H and O–H groups in total. The quantitative estimate of drug-likeness (QED) is 0.583. The third-order valence-electron chi connectivity index (χ3n) is 3.04. The molecule has 2 atom stereocenters. The predicted octanol–water partition coefficient (Wildman–Crippen LogP) is 4.47. The van der Waals surface area contributed by atoms with Crippen molar-refractivity contribution >= 4 is 43.6 Å². The Kier molecular flexibility index (Phi) is 5.31. The van der Waals surface area contributed by atoms with Crippen molar-refractivity contribution in [1.29, 1.82) is 0 Å². The Bertz CT molecular complexity index is 638. The highest BCUT2D eigenvalue weighted by atomic mass is 79.9. The SMILES string of the molecule is O=C(O)c1ccc(C(=O)C(Br)C(Br)c2ccccc2)cc1. The third kappa shape index (κ3) is 3.80. The number of halogens is 2. The standard InChI is InChI=1S/C16H12Br2O3/c17-13(10-4-2-1-3-5-10)14(18)15(19)11-6-8-12(9-7-11)16(20)21/h1-9,13-14H,(H,20,21). The summed E-state index contributed by atoms with van der Waals surface area (Å²) in [5, 5.41) is 8.86. The molecule has 0 heterocycles. The van der Waals surface area contributed by atoms with Crippen LogP contribution in [0.25, 0.3) is 0 Å². The molecule has 0 fully saturated rings. The van der Waals surface area contributed by atoms with Gasteiger partial charge in [0.15, 0.2) is 5.78 Å². The monoisotopic (exact) mass is 410 g/mol. The molecule has 0 aliphatic rings. The first-order valence-corrected chi connectivity index (χ1v) is 8.04. The van der Waals surface area contributed by atoms with Gasteiger partial charge in [0, 0.05) is 5.56 Å². The summed E-state index contributed by atoms with van der Waals surface area (Å²) in [5.41, 5.74) is 1.63. The zero-order valence-electron chi connectivity index (χ0n) is 10.9. The number of carboxylic acid groups (broad SMARTS) is 1. The molecule has 0 saturated carbocycles. The Hall–Kier alpha value is -1.46. The van der Waals surface area contributed by atoms with Gasteiger partial charge in [-0.3, -0.25) is 4.79 Å². The number of alkyl halides is 2. The van der Waals surface area contributed by atoms with Gasteiger partial charge >= 0.3 is 5.97 Å². The lowest BCUT2D eigenvalue weighted by molar-refractivity contribution is 0.0696. The lowest BCUT2D eigenvalue weighted by Crippen LogP contribution is -2.19. The number of aromatic carboxylic acids is 1. The molecule has 108 valence electrons. The molecule has 2 rings (SSSR count). The van der Waals surface area contributed by atoms with Crippen LogP contribution in [-0.4, -0.2) is 21.7 Å². The van der Waals surface area contributed by atoms with E-state index in [1.165, 1.54) is 24.3 Å². The van der Waals surface area contributed by atoms with Gasteiger partial charge in [-0.2, -0.15) is 0 Å². The van der Waals surface area contributed by atoms with Gasteiger partial charge < -0.3 is 5.11 Å². The summed E-state index contributed by atoms with van der Waals surface area (Å²) in [4.78, 5) is 22.6. The highest BCUT2D eigenvalue weighted by Crippen LogP contribution is 2.33. The molecule has 0 aliphatic heterocycles. The summed E-state index contributed by atoms with van der Waals surface area (Å²) in [6.07, 6.45) is 0. The predicted molar refractivity (Wildman–Crippen MR) is 88.6 cm³/mol. The summed E-state index contributed by atoms with van der Waals surface area (Å²) < 4.78 is 0. The topological polar surface area (TPSA) is 54.4 Å². The fourth-order valence-electron chi connectivity index (χ4n) is 1.88. The number of Topliss-reactive ketones (excluding diaryl/α,β-unsaturated/α-hetero) is 1. The molecular formula is C16H12Br2O3. The highest BCUT2D eigenvalue weighted by molar-refractivity contribution is 9.12. The number of carbonyl (C=O) groups is 2. The van der Waals surface area contributed by atoms with Crippen molar-refractivity contribution in [2.75, 3.05) is 0 Å². The maximum absolute atomic E-state index is 12.4. The maximum Gasteiger partial charge on any atom is 0.335 e. The zero-order valence-corrected chi connectivity index (χ0v) is 14.0. The van der Waals surface area contributed by atoms with Crippen LogP contribution in [0.4, 0.5) is 0 Å². The van der Waals surface area contributed by atoms with E-state index in [1.54, 1.807) is 0 Å². The molecule has 0 amide bonds. The van der Waals surface area contributed by atoms with Crippen molar-refractivity contribution in [3.8, 4) is 0 Å². The van der Waals surface area contributed by atoms with E-state index in [0.717, 1.165) is 5.56 Å². The Labute approximate surface area is 139 Å². The van der Waals surface area contributed by atoms with Gasteiger partial charge in [0.05, 0.1) is 15.2 Å². The minimum Gasteiger partial charge on any atom is -0.478 e. The number of benzene rings is 2. The molecule has 2 aromatic rings. The fourth-order valence-corrected chi connectivity index (χ4v) is 2.99. The number of carbonyl (C=O) groups excluding carboxylic acids is 1. The lowest BCUT2D eigenvalue weighted by atomic mass is 10.0. The Morgan fingerprint density at radius 1 is 0.857 bits per heavy atom. The van der Waals surface area contributed by atoms with E-state index < -0.39 is 10.8 Å². The van der Waals surface area contributed by atoms with Crippen LogP contribution >= 0.6 is 31.9 Å². The zero-order chi connectivity index (χ0) is 15.4. The van der Waals surface area contributed by atoms with E-state index in [1.807, 2.05) is 30.3 Å². The molecule has 2 unspecified atom stereocenters. The van der Waals surface area contributed by atoms with Crippen LogP contribution in [0, 0.1) is 0 Å². The van der Waals surface area contributed by atoms with Crippen molar-refractivity contribution in [2.24, 2.45) is 0 Å². The largest absolute Gasteiger partial charge is 0.478 e. The van der Waals surface area contributed by atoms with Gasteiger partial charge in [0.2, 0.25) is 0 Å². The van der Waals surface area contributed by atoms with Crippen molar-refractivity contribution in [1.82, 2.24) is 0 Å². The van der Waals surface area contributed by atoms with Gasteiger partial charge in [0.1, 0.15) is 0 Å². The first-order chi connectivity index (χ1) is 10.0. The molecule has 0 saturated heterocycles. The summed E-state index contributed by atoms with van der Waals surface area (Å²) >= 11 is 6.94. The van der Waals surface area contributed by atoms with Gasteiger partial charge in [-0.25, -0.2) is 4.79 Å². The second-order valence-corrected chi connectivity index (χ2v) is 6.43. The first kappa shape index (κ1) is 15.9. The van der Waals surface area contributed by atoms with Crippen LogP contribution in [-0.2, 0) is 0 Å². The fraction of sp³-hybridized carbons (Fsp3) is 0.125. The first-order valence-electron chi connectivity index (χ1n) is 6.21. The highest BCUT2D eigenvalue weighted by Gasteiger charge is 2.25. The number of hydrogen-bond acceptors (Lipinski definition) is 2. The van der Waals surface area contributed by atoms with Crippen molar-refractivity contribution in [2.45, 2.75) is 9.65 Å². The molecule has 0 aliphatic carbocycles. The summed E-state index contributed by atoms with van der Waals surface area (Å²) in [6, 6.07) is 15.5. The second kappa shape index (κ2) is 7.00. The van der Waals surface area contributed by atoms with Crippen LogP contribution in [0.5, 0.6) is 0 Å². The summed E-state index contributed by atoms with van der Waals surface area (Å²) in [6.45, 7) is 0. The minimum atomic E-state index is -1.01. The van der Waals surface area contributed by atoms with E-state index in [2.05, 4.69) is 31.9 Å². The van der Waals surface area contributed by atoms with E-state index >= 15 is 0 Å². The summed E-state index contributed by atoms with van der Waals surface area (Å²) in [5.74, 6) is -1.11. The van der Waals surface area contributed by atoms with Gasteiger partial charge in [-0.1, -0.05) is 74.3 Å². The summed E-state index contributed by atoms with van der Waals surface area (Å²) in [7, 11) is 0. The smallest absolute Gasteiger partial charge is 0.335 e. The second-order valence-electron chi connectivity index (χ2n) is 4.46. The molecule has 5 heteroatoms. The Morgan fingerprint density at radius 3 is 1.90 bits per heavy atom. The lowest BCUT2D eigenvalue weighted by Gasteiger charge is -2.16. The number of carboxylic acids is 1. The van der Waals surface area contributed by atoms with Crippen LogP contribution in [0.3, 0.4) is 0 Å². The van der Waals surface area contributed by atoms with E-state index in [4.69, 9.17) is 5.11 Å². The van der Waals surface area contributed by atoms with Crippen LogP contribution in [0.1, 0.15) is 31.1 Å². The Morgan fingerprint density at radius 2 is 1.38 bits per heavy atom. The van der Waals surface area contributed by atoms with Crippen LogP contribution < -0.4 is 0 Å². The molecule has 3 nitrogen and oxygen atoms in total. The number of ketones is 1. The Balaban J connectivity index is 2.17. The average Bonchev–Trinajstić information content (AvgIpc) is 2.53. The molecule has 21 heavy (non-hydrogen) atoms. The third-order valence-corrected chi connectivity index (χ3v) is 5.75. The van der Waals surface area contributed by atoms with E-state index in [-0.39, 0.29) is 16.2 Å². The van der Waals surface area contributed by atoms with Gasteiger partial charge in [-0.05, 0) is 17.7 Å². The molecule has 0 aromatic heterocycles. The van der Waals surface area contributed by atoms with Crippen LogP contribution in [0.2, 0.25) is 0 Å². The van der Waals surface area contributed by atoms with Crippen molar-refractivity contribution < 1.29 is 14.7 Å². The normalized spacial score (nSPS) is 13.4. The molecule has 0 spiro atoms. The average molecular weight is 412 g/mol. The van der Waals surface area contributed by atoms with Crippen molar-refractivity contribution in [3.63, 3.8) is 0 Å². The molecule has 0 radical (unpaired) electrons. The van der Waals surface area contributed by atoms with Crippen molar-refractivity contribution in [3.05, 3.63) is 71.3 Å². The van der Waals surface area contributed by atoms with Gasteiger partial charge in [-0.15, -0.1) is 0 Å². The minimum absolute atomic E-state index is 0.0994. The van der Waals surface area contributed by atoms with E-state index in [0.29, 0.717) is 5.56 Å². The molecular weight excluding hydrogens is 400 g/mol. The van der Waals surface area contributed by atoms with Crippen LogP contribution in [0.15, 0.2) is 54.6 Å². The molecule has 0 bridgehead atoms. The number of hydrogen-bond donors (Lipinski definition) is 1. The number of rotatable bonds is 5.